The van der Waals surface area contributed by atoms with Crippen LogP contribution < -0.4 is 5.32 Å². The summed E-state index contributed by atoms with van der Waals surface area (Å²) in [5.74, 6) is 0.823. The van der Waals surface area contributed by atoms with Crippen LogP contribution in [0.25, 0.3) is 0 Å². The van der Waals surface area contributed by atoms with E-state index in [-0.39, 0.29) is 0 Å². The van der Waals surface area contributed by atoms with Crippen LogP contribution in [0.4, 0.5) is 0 Å². The minimum atomic E-state index is 0.474. The van der Waals surface area contributed by atoms with Crippen LogP contribution in [-0.2, 0) is 13.1 Å². The van der Waals surface area contributed by atoms with Crippen LogP contribution in [-0.4, -0.2) is 21.0 Å². The topological polar surface area (TPSA) is 55.9 Å². The van der Waals surface area contributed by atoms with Crippen LogP contribution in [0, 0.1) is 13.8 Å². The van der Waals surface area contributed by atoms with E-state index in [1.54, 1.807) is 6.20 Å². The quantitative estimate of drug-likeness (QED) is 0.879. The highest BCUT2D eigenvalue weighted by Gasteiger charge is 2.12. The van der Waals surface area contributed by atoms with E-state index in [0.717, 1.165) is 18.0 Å². The van der Waals surface area contributed by atoms with Gasteiger partial charge >= 0.3 is 0 Å². The molecule has 18 heavy (non-hydrogen) atoms. The second kappa shape index (κ2) is 5.35. The van der Waals surface area contributed by atoms with Crippen LogP contribution >= 0.6 is 0 Å². The largest absolute Gasteiger partial charge is 0.359 e. The SMILES string of the molecule is Cc1nn(Cc2ccno2)c(C)c1CNC(C)C. The fourth-order valence-corrected chi connectivity index (χ4v) is 1.92. The van der Waals surface area contributed by atoms with Gasteiger partial charge in [-0.15, -0.1) is 0 Å². The second-order valence-corrected chi connectivity index (χ2v) is 4.82. The molecule has 0 atom stereocenters. The Morgan fingerprint density at radius 2 is 2.17 bits per heavy atom. The molecule has 0 fully saturated rings. The maximum absolute atomic E-state index is 5.11. The van der Waals surface area contributed by atoms with Crippen molar-refractivity contribution in [2.24, 2.45) is 0 Å². The lowest BCUT2D eigenvalue weighted by Crippen LogP contribution is -2.22. The second-order valence-electron chi connectivity index (χ2n) is 4.82. The first-order valence-corrected chi connectivity index (χ1v) is 6.23. The predicted molar refractivity (Wildman–Crippen MR) is 69.3 cm³/mol. The summed E-state index contributed by atoms with van der Waals surface area (Å²) in [5.41, 5.74) is 3.51. The summed E-state index contributed by atoms with van der Waals surface area (Å²) in [4.78, 5) is 0. The molecule has 0 aromatic carbocycles. The maximum atomic E-state index is 5.11. The van der Waals surface area contributed by atoms with Gasteiger partial charge in [-0.05, 0) is 13.8 Å². The number of aryl methyl sites for hydroxylation is 1. The molecule has 0 aliphatic carbocycles. The molecule has 98 valence electrons. The van der Waals surface area contributed by atoms with E-state index < -0.39 is 0 Å². The first-order chi connectivity index (χ1) is 8.58. The van der Waals surface area contributed by atoms with Crippen molar-refractivity contribution in [3.63, 3.8) is 0 Å². The average Bonchev–Trinajstić information content (AvgIpc) is 2.88. The van der Waals surface area contributed by atoms with Gasteiger partial charge in [-0.3, -0.25) is 4.68 Å². The van der Waals surface area contributed by atoms with E-state index in [4.69, 9.17) is 4.52 Å². The Bertz CT molecular complexity index is 499. The van der Waals surface area contributed by atoms with Gasteiger partial charge in [-0.1, -0.05) is 19.0 Å². The lowest BCUT2D eigenvalue weighted by atomic mass is 10.2. The first kappa shape index (κ1) is 12.8. The summed E-state index contributed by atoms with van der Waals surface area (Å²) in [7, 11) is 0. The molecule has 5 nitrogen and oxygen atoms in total. The minimum absolute atomic E-state index is 0.474. The Hall–Kier alpha value is -1.62. The van der Waals surface area contributed by atoms with Gasteiger partial charge in [-0.2, -0.15) is 5.10 Å². The van der Waals surface area contributed by atoms with Gasteiger partial charge in [-0.25, -0.2) is 0 Å². The zero-order valence-corrected chi connectivity index (χ0v) is 11.4. The Morgan fingerprint density at radius 3 is 2.78 bits per heavy atom. The summed E-state index contributed by atoms with van der Waals surface area (Å²) in [6.45, 7) is 9.91. The molecular formula is C13H20N4O. The third kappa shape index (κ3) is 2.79. The summed E-state index contributed by atoms with van der Waals surface area (Å²) in [5, 5.41) is 11.7. The Kier molecular flexibility index (Phi) is 3.81. The molecule has 0 spiro atoms. The third-order valence-electron chi connectivity index (χ3n) is 3.02. The van der Waals surface area contributed by atoms with Gasteiger partial charge < -0.3 is 9.84 Å². The van der Waals surface area contributed by atoms with Crippen molar-refractivity contribution in [2.45, 2.75) is 46.8 Å². The van der Waals surface area contributed by atoms with E-state index in [1.807, 2.05) is 17.7 Å². The van der Waals surface area contributed by atoms with E-state index in [9.17, 15) is 0 Å². The van der Waals surface area contributed by atoms with Crippen molar-refractivity contribution in [2.75, 3.05) is 0 Å². The van der Waals surface area contributed by atoms with E-state index >= 15 is 0 Å². The van der Waals surface area contributed by atoms with Crippen molar-refractivity contribution in [1.82, 2.24) is 20.3 Å². The van der Waals surface area contributed by atoms with E-state index in [1.165, 1.54) is 11.3 Å². The van der Waals surface area contributed by atoms with Crippen molar-refractivity contribution in [3.8, 4) is 0 Å². The Labute approximate surface area is 107 Å². The highest BCUT2D eigenvalue weighted by atomic mass is 16.5. The lowest BCUT2D eigenvalue weighted by Gasteiger charge is -2.08. The molecule has 0 radical (unpaired) electrons. The molecule has 0 amide bonds. The fourth-order valence-electron chi connectivity index (χ4n) is 1.92. The summed E-state index contributed by atoms with van der Waals surface area (Å²) in [6, 6.07) is 2.34. The molecule has 0 aliphatic heterocycles. The number of hydrogen-bond donors (Lipinski definition) is 1. The van der Waals surface area contributed by atoms with Crippen molar-refractivity contribution in [3.05, 3.63) is 35.0 Å². The molecule has 5 heteroatoms. The molecule has 0 aliphatic rings. The van der Waals surface area contributed by atoms with Gasteiger partial charge in [0.1, 0.15) is 6.54 Å². The maximum Gasteiger partial charge on any atom is 0.158 e. The average molecular weight is 248 g/mol. The van der Waals surface area contributed by atoms with Crippen molar-refractivity contribution >= 4 is 0 Å². The molecule has 2 rings (SSSR count). The first-order valence-electron chi connectivity index (χ1n) is 6.23. The molecule has 0 unspecified atom stereocenters. The molecule has 0 saturated heterocycles. The predicted octanol–water partition coefficient (Wildman–Crippen LogP) is 2.03. The van der Waals surface area contributed by atoms with Crippen LogP contribution in [0.15, 0.2) is 16.8 Å². The van der Waals surface area contributed by atoms with Gasteiger partial charge in [0.15, 0.2) is 5.76 Å². The summed E-state index contributed by atoms with van der Waals surface area (Å²) in [6.07, 6.45) is 1.66. The highest BCUT2D eigenvalue weighted by molar-refractivity contribution is 5.24. The number of nitrogens with zero attached hydrogens (tertiary/aromatic N) is 3. The zero-order chi connectivity index (χ0) is 13.1. The number of hydrogen-bond acceptors (Lipinski definition) is 4. The standard InChI is InChI=1S/C13H20N4O/c1-9(2)14-7-13-10(3)16-17(11(13)4)8-12-5-6-15-18-12/h5-6,9,14H,7-8H2,1-4H3. The highest BCUT2D eigenvalue weighted by Crippen LogP contribution is 2.14. The molecule has 0 bridgehead atoms. The lowest BCUT2D eigenvalue weighted by molar-refractivity contribution is 0.370. The molecular weight excluding hydrogens is 228 g/mol. The molecule has 0 saturated carbocycles. The van der Waals surface area contributed by atoms with E-state index in [0.29, 0.717) is 12.6 Å². The number of rotatable bonds is 5. The normalized spacial score (nSPS) is 11.4. The molecule has 2 heterocycles. The van der Waals surface area contributed by atoms with Gasteiger partial charge in [0.25, 0.3) is 0 Å². The van der Waals surface area contributed by atoms with Crippen LogP contribution in [0.3, 0.4) is 0 Å². The Balaban J connectivity index is 2.15. The number of nitrogens with one attached hydrogen (secondary N) is 1. The van der Waals surface area contributed by atoms with Crippen molar-refractivity contribution < 1.29 is 4.52 Å². The minimum Gasteiger partial charge on any atom is -0.359 e. The van der Waals surface area contributed by atoms with Gasteiger partial charge in [0.2, 0.25) is 0 Å². The third-order valence-corrected chi connectivity index (χ3v) is 3.02. The van der Waals surface area contributed by atoms with Gasteiger partial charge in [0.05, 0.1) is 11.9 Å². The Morgan fingerprint density at radius 1 is 1.39 bits per heavy atom. The van der Waals surface area contributed by atoms with Crippen LogP contribution in [0.5, 0.6) is 0 Å². The molecule has 1 N–H and O–H groups in total. The monoisotopic (exact) mass is 248 g/mol. The van der Waals surface area contributed by atoms with E-state index in [2.05, 4.69) is 36.3 Å². The fraction of sp³-hybridized carbons (Fsp3) is 0.538. The van der Waals surface area contributed by atoms with Crippen molar-refractivity contribution in [1.29, 1.82) is 0 Å². The molecule has 2 aromatic rings. The summed E-state index contributed by atoms with van der Waals surface area (Å²) >= 11 is 0. The number of aromatic nitrogens is 3. The van der Waals surface area contributed by atoms with Crippen LogP contribution in [0.2, 0.25) is 0 Å². The molecule has 2 aromatic heterocycles. The van der Waals surface area contributed by atoms with Crippen LogP contribution in [0.1, 0.15) is 36.6 Å². The smallest absolute Gasteiger partial charge is 0.158 e. The summed E-state index contributed by atoms with van der Waals surface area (Å²) < 4.78 is 7.08. The zero-order valence-electron chi connectivity index (χ0n) is 11.4. The van der Waals surface area contributed by atoms with Gasteiger partial charge in [0, 0.05) is 29.9 Å².